The summed E-state index contributed by atoms with van der Waals surface area (Å²) in [6, 6.07) is 5.81. The maximum absolute atomic E-state index is 11.8. The monoisotopic (exact) mass is 306 g/mol. The molecule has 0 atom stereocenters. The summed E-state index contributed by atoms with van der Waals surface area (Å²) in [5, 5.41) is 2.97. The second kappa shape index (κ2) is 7.44. The van der Waals surface area contributed by atoms with Gasteiger partial charge in [0.1, 0.15) is 6.61 Å². The zero-order chi connectivity index (χ0) is 14.3. The van der Waals surface area contributed by atoms with Crippen molar-refractivity contribution in [1.29, 1.82) is 0 Å². The fourth-order valence-electron chi connectivity index (χ4n) is 1.27. The van der Waals surface area contributed by atoms with E-state index in [2.05, 4.69) is 14.8 Å². The van der Waals surface area contributed by atoms with Crippen LogP contribution < -0.4 is 10.0 Å². The Morgan fingerprint density at radius 1 is 1.26 bits per heavy atom. The van der Waals surface area contributed by atoms with E-state index in [1.54, 1.807) is 0 Å². The third kappa shape index (κ3) is 5.56. The minimum absolute atomic E-state index is 0.0517. The van der Waals surface area contributed by atoms with E-state index in [0.717, 1.165) is 0 Å². The molecule has 106 valence electrons. The standard InChI is InChI=1S/C11H15ClN2O4S/c1-18-8-11(15)13-6-7-14-19(16,17)10-4-2-9(12)3-5-10/h2-5,14H,6-8H2,1H3,(H,13,15). The molecule has 0 radical (unpaired) electrons. The molecule has 0 aliphatic rings. The molecule has 1 amide bonds. The number of benzene rings is 1. The van der Waals surface area contributed by atoms with Crippen LogP contribution in [-0.4, -0.2) is 41.1 Å². The molecule has 1 rings (SSSR count). The van der Waals surface area contributed by atoms with E-state index in [1.807, 2.05) is 0 Å². The average molecular weight is 307 g/mol. The van der Waals surface area contributed by atoms with Gasteiger partial charge in [-0.3, -0.25) is 4.79 Å². The van der Waals surface area contributed by atoms with E-state index in [1.165, 1.54) is 31.4 Å². The van der Waals surface area contributed by atoms with E-state index < -0.39 is 10.0 Å². The summed E-state index contributed by atoms with van der Waals surface area (Å²) in [5.74, 6) is -0.298. The lowest BCUT2D eigenvalue weighted by atomic mass is 10.4. The van der Waals surface area contributed by atoms with E-state index in [-0.39, 0.29) is 30.5 Å². The molecular weight excluding hydrogens is 292 g/mol. The number of hydrogen-bond acceptors (Lipinski definition) is 4. The van der Waals surface area contributed by atoms with Gasteiger partial charge in [0.05, 0.1) is 4.90 Å². The van der Waals surface area contributed by atoms with Crippen LogP contribution in [0, 0.1) is 0 Å². The van der Waals surface area contributed by atoms with Crippen molar-refractivity contribution in [3.8, 4) is 0 Å². The number of methoxy groups -OCH3 is 1. The quantitative estimate of drug-likeness (QED) is 0.713. The van der Waals surface area contributed by atoms with Crippen LogP contribution in [0.2, 0.25) is 5.02 Å². The topological polar surface area (TPSA) is 84.5 Å². The highest BCUT2D eigenvalue weighted by Gasteiger charge is 2.12. The molecule has 0 aliphatic heterocycles. The molecule has 8 heteroatoms. The molecular formula is C11H15ClN2O4S. The van der Waals surface area contributed by atoms with E-state index in [9.17, 15) is 13.2 Å². The van der Waals surface area contributed by atoms with Gasteiger partial charge in [0.25, 0.3) is 0 Å². The highest BCUT2D eigenvalue weighted by atomic mass is 35.5. The highest BCUT2D eigenvalue weighted by Crippen LogP contribution is 2.13. The van der Waals surface area contributed by atoms with E-state index >= 15 is 0 Å². The summed E-state index contributed by atoms with van der Waals surface area (Å²) in [7, 11) is -2.17. The average Bonchev–Trinajstić information content (AvgIpc) is 2.36. The summed E-state index contributed by atoms with van der Waals surface area (Å²) in [4.78, 5) is 11.2. The number of halogens is 1. The molecule has 0 saturated heterocycles. The van der Waals surface area contributed by atoms with Gasteiger partial charge < -0.3 is 10.1 Å². The first kappa shape index (κ1) is 15.9. The van der Waals surface area contributed by atoms with Crippen molar-refractivity contribution in [3.63, 3.8) is 0 Å². The Balaban J connectivity index is 2.43. The third-order valence-electron chi connectivity index (χ3n) is 2.14. The number of nitrogens with one attached hydrogen (secondary N) is 2. The molecule has 0 saturated carbocycles. The first-order valence-electron chi connectivity index (χ1n) is 5.46. The summed E-state index contributed by atoms with van der Waals surface area (Å²) >= 11 is 5.68. The predicted molar refractivity (Wildman–Crippen MR) is 71.5 cm³/mol. The van der Waals surface area contributed by atoms with Gasteiger partial charge in [0.15, 0.2) is 0 Å². The number of hydrogen-bond donors (Lipinski definition) is 2. The lowest BCUT2D eigenvalue weighted by Gasteiger charge is -2.07. The number of ether oxygens (including phenoxy) is 1. The zero-order valence-corrected chi connectivity index (χ0v) is 11.9. The van der Waals surface area contributed by atoms with Crippen LogP contribution in [-0.2, 0) is 19.6 Å². The van der Waals surface area contributed by atoms with Gasteiger partial charge in [0.2, 0.25) is 15.9 Å². The van der Waals surface area contributed by atoms with E-state index in [4.69, 9.17) is 11.6 Å². The Labute approximate surface area is 117 Å². The van der Waals surface area contributed by atoms with Crippen LogP contribution in [0.1, 0.15) is 0 Å². The SMILES string of the molecule is COCC(=O)NCCNS(=O)(=O)c1ccc(Cl)cc1. The van der Waals surface area contributed by atoms with Crippen molar-refractivity contribution in [2.24, 2.45) is 0 Å². The van der Waals surface area contributed by atoms with Gasteiger partial charge >= 0.3 is 0 Å². The lowest BCUT2D eigenvalue weighted by Crippen LogP contribution is -2.36. The minimum Gasteiger partial charge on any atom is -0.375 e. The van der Waals surface area contributed by atoms with E-state index in [0.29, 0.717) is 5.02 Å². The molecule has 0 heterocycles. The molecule has 2 N–H and O–H groups in total. The van der Waals surface area contributed by atoms with Gasteiger partial charge in [0, 0.05) is 25.2 Å². The Morgan fingerprint density at radius 3 is 2.47 bits per heavy atom. The number of sulfonamides is 1. The Kier molecular flexibility index (Phi) is 6.23. The number of carbonyl (C=O) groups excluding carboxylic acids is 1. The number of carbonyl (C=O) groups is 1. The second-order valence-corrected chi connectivity index (χ2v) is 5.84. The van der Waals surface area contributed by atoms with Gasteiger partial charge in [-0.2, -0.15) is 0 Å². The molecule has 0 aliphatic carbocycles. The van der Waals surface area contributed by atoms with Gasteiger partial charge in [-0.05, 0) is 24.3 Å². The maximum Gasteiger partial charge on any atom is 0.246 e. The first-order valence-corrected chi connectivity index (χ1v) is 7.32. The van der Waals surface area contributed by atoms with Crippen LogP contribution in [0.4, 0.5) is 0 Å². The van der Waals surface area contributed by atoms with Gasteiger partial charge in [-0.15, -0.1) is 0 Å². The number of rotatable bonds is 7. The van der Waals surface area contributed by atoms with Gasteiger partial charge in [-0.1, -0.05) is 11.6 Å². The van der Waals surface area contributed by atoms with Crippen LogP contribution in [0.5, 0.6) is 0 Å². The van der Waals surface area contributed by atoms with Crippen molar-refractivity contribution < 1.29 is 17.9 Å². The smallest absolute Gasteiger partial charge is 0.246 e. The third-order valence-corrected chi connectivity index (χ3v) is 3.87. The molecule has 1 aromatic carbocycles. The van der Waals surface area contributed by atoms with Crippen molar-refractivity contribution in [3.05, 3.63) is 29.3 Å². The summed E-state index contributed by atoms with van der Waals surface area (Å²) in [5.41, 5.74) is 0. The van der Waals surface area contributed by atoms with Crippen LogP contribution >= 0.6 is 11.6 Å². The Hall–Kier alpha value is -1.15. The minimum atomic E-state index is -3.58. The van der Waals surface area contributed by atoms with Crippen LogP contribution in [0.15, 0.2) is 29.2 Å². The fourth-order valence-corrected chi connectivity index (χ4v) is 2.42. The highest BCUT2D eigenvalue weighted by molar-refractivity contribution is 7.89. The molecule has 0 spiro atoms. The van der Waals surface area contributed by atoms with Gasteiger partial charge in [-0.25, -0.2) is 13.1 Å². The van der Waals surface area contributed by atoms with Crippen LogP contribution in [0.25, 0.3) is 0 Å². The maximum atomic E-state index is 11.8. The predicted octanol–water partition coefficient (Wildman–Crippen LogP) is 0.381. The largest absolute Gasteiger partial charge is 0.375 e. The molecule has 0 aromatic heterocycles. The summed E-state index contributed by atoms with van der Waals surface area (Å²) in [6.45, 7) is 0.235. The zero-order valence-electron chi connectivity index (χ0n) is 10.3. The molecule has 0 unspecified atom stereocenters. The normalized spacial score (nSPS) is 11.3. The second-order valence-electron chi connectivity index (χ2n) is 3.63. The van der Waals surface area contributed by atoms with Crippen molar-refractivity contribution in [2.45, 2.75) is 4.90 Å². The first-order chi connectivity index (χ1) is 8.95. The fraction of sp³-hybridized carbons (Fsp3) is 0.364. The molecule has 1 aromatic rings. The molecule has 19 heavy (non-hydrogen) atoms. The number of amides is 1. The van der Waals surface area contributed by atoms with Crippen molar-refractivity contribution in [1.82, 2.24) is 10.0 Å². The van der Waals surface area contributed by atoms with Crippen LogP contribution in [0.3, 0.4) is 0 Å². The Morgan fingerprint density at radius 2 is 1.89 bits per heavy atom. The summed E-state index contributed by atoms with van der Waals surface area (Å²) in [6.07, 6.45) is 0. The van der Waals surface area contributed by atoms with Crippen molar-refractivity contribution in [2.75, 3.05) is 26.8 Å². The molecule has 0 fully saturated rings. The molecule has 0 bridgehead atoms. The van der Waals surface area contributed by atoms with Crippen molar-refractivity contribution >= 4 is 27.5 Å². The Bertz CT molecular complexity index is 516. The lowest BCUT2D eigenvalue weighted by molar-refractivity contribution is -0.124. The molecule has 6 nitrogen and oxygen atoms in total. The summed E-state index contributed by atoms with van der Waals surface area (Å²) < 4.78 is 30.6.